The zero-order valence-electron chi connectivity index (χ0n) is 15.9. The van der Waals surface area contributed by atoms with E-state index in [4.69, 9.17) is 21.6 Å². The minimum Gasteiger partial charge on any atom is -0.493 e. The number of aliphatic imine (C=N–C) groups is 1. The van der Waals surface area contributed by atoms with Crippen LogP contribution in [0.2, 0.25) is 0 Å². The molecule has 0 aliphatic carbocycles. The van der Waals surface area contributed by atoms with Gasteiger partial charge < -0.3 is 20.5 Å². The van der Waals surface area contributed by atoms with Crippen LogP contribution >= 0.6 is 24.0 Å². The minimum atomic E-state index is 0. The Morgan fingerprint density at radius 1 is 1.22 bits per heavy atom. The minimum absolute atomic E-state index is 0. The summed E-state index contributed by atoms with van der Waals surface area (Å²) < 4.78 is 10.8. The highest BCUT2D eigenvalue weighted by atomic mass is 127. The molecule has 27 heavy (non-hydrogen) atoms. The number of hydrogen-bond acceptors (Lipinski definition) is 3. The number of halogens is 1. The second-order valence-corrected chi connectivity index (χ2v) is 6.08. The lowest BCUT2D eigenvalue weighted by molar-refractivity contribution is 0.330. The van der Waals surface area contributed by atoms with Crippen LogP contribution in [0.15, 0.2) is 47.5 Å². The number of benzene rings is 2. The third-order valence-electron chi connectivity index (χ3n) is 3.80. The summed E-state index contributed by atoms with van der Waals surface area (Å²) >= 11 is 0. The first-order valence-corrected chi connectivity index (χ1v) is 8.43. The van der Waals surface area contributed by atoms with Gasteiger partial charge in [-0.3, -0.25) is 0 Å². The molecule has 0 unspecified atom stereocenters. The highest BCUT2D eigenvalue weighted by molar-refractivity contribution is 14.0. The van der Waals surface area contributed by atoms with Crippen molar-refractivity contribution < 1.29 is 9.47 Å². The summed E-state index contributed by atoms with van der Waals surface area (Å²) in [5, 5.41) is 3.12. The Balaban J connectivity index is 0.00000364. The molecule has 0 saturated carbocycles. The van der Waals surface area contributed by atoms with Crippen LogP contribution < -0.4 is 20.5 Å². The smallest absolute Gasteiger partial charge is 0.193 e. The van der Waals surface area contributed by atoms with Gasteiger partial charge in [0.1, 0.15) is 6.61 Å². The number of nitrogens with two attached hydrogens (primary N) is 1. The van der Waals surface area contributed by atoms with E-state index in [1.165, 1.54) is 5.56 Å². The van der Waals surface area contributed by atoms with E-state index < -0.39 is 0 Å². The van der Waals surface area contributed by atoms with E-state index in [0.717, 1.165) is 11.3 Å². The van der Waals surface area contributed by atoms with Crippen molar-refractivity contribution in [2.24, 2.45) is 10.7 Å². The van der Waals surface area contributed by atoms with Crippen LogP contribution in [-0.2, 0) is 6.54 Å². The summed E-state index contributed by atoms with van der Waals surface area (Å²) in [6.07, 6.45) is 5.24. The Kier molecular flexibility index (Phi) is 9.51. The average molecular weight is 479 g/mol. The summed E-state index contributed by atoms with van der Waals surface area (Å²) in [5.74, 6) is 4.47. The van der Waals surface area contributed by atoms with Crippen molar-refractivity contribution in [3.63, 3.8) is 0 Å². The fourth-order valence-electron chi connectivity index (χ4n) is 2.39. The van der Waals surface area contributed by atoms with Crippen LogP contribution in [0, 0.1) is 12.3 Å². The number of nitrogens with zero attached hydrogens (tertiary/aromatic N) is 1. The number of ether oxygens (including phenoxy) is 2. The second kappa shape index (κ2) is 11.3. The van der Waals surface area contributed by atoms with Gasteiger partial charge in [-0.1, -0.05) is 38.0 Å². The van der Waals surface area contributed by atoms with E-state index in [2.05, 4.69) is 42.2 Å². The molecule has 0 saturated heterocycles. The van der Waals surface area contributed by atoms with Gasteiger partial charge in [0.2, 0.25) is 0 Å². The molecule has 144 valence electrons. The molecule has 0 aliphatic heterocycles. The number of hydrogen-bond donors (Lipinski definition) is 2. The molecule has 2 rings (SSSR count). The quantitative estimate of drug-likeness (QED) is 0.268. The van der Waals surface area contributed by atoms with E-state index >= 15 is 0 Å². The summed E-state index contributed by atoms with van der Waals surface area (Å²) in [5.41, 5.74) is 9.12. The molecule has 0 amide bonds. The van der Waals surface area contributed by atoms with Gasteiger partial charge in [-0.05, 0) is 41.3 Å². The molecule has 6 heteroatoms. The summed E-state index contributed by atoms with van der Waals surface area (Å²) in [7, 11) is 1.59. The van der Waals surface area contributed by atoms with Gasteiger partial charge in [-0.25, -0.2) is 4.99 Å². The van der Waals surface area contributed by atoms with Crippen molar-refractivity contribution in [1.29, 1.82) is 0 Å². The number of terminal acetylenes is 1. The number of rotatable bonds is 7. The summed E-state index contributed by atoms with van der Waals surface area (Å²) in [4.78, 5) is 4.39. The third-order valence-corrected chi connectivity index (χ3v) is 3.80. The molecule has 0 bridgehead atoms. The van der Waals surface area contributed by atoms with Gasteiger partial charge >= 0.3 is 0 Å². The fourth-order valence-corrected chi connectivity index (χ4v) is 2.39. The molecule has 2 aromatic carbocycles. The standard InChI is InChI=1S/C21H25N3O2.HI/c1-5-11-26-20-12-16(9-10-19(20)25-4)14-23-21(22)24-18-8-6-7-17(13-18)15(2)3;/h1,6-10,12-13,15H,11,14H2,2-4H3,(H3,22,23,24);1H. The lowest BCUT2D eigenvalue weighted by atomic mass is 10.0. The van der Waals surface area contributed by atoms with Crippen LogP contribution in [0.25, 0.3) is 0 Å². The normalized spacial score (nSPS) is 10.7. The fraction of sp³-hybridized carbons (Fsp3) is 0.286. The Morgan fingerprint density at radius 3 is 2.67 bits per heavy atom. The average Bonchev–Trinajstić information content (AvgIpc) is 2.65. The Bertz CT molecular complexity index is 813. The first kappa shape index (κ1) is 22.6. The van der Waals surface area contributed by atoms with Gasteiger partial charge in [0.05, 0.1) is 13.7 Å². The van der Waals surface area contributed by atoms with E-state index in [9.17, 15) is 0 Å². The maximum Gasteiger partial charge on any atom is 0.193 e. The maximum absolute atomic E-state index is 6.01. The lowest BCUT2D eigenvalue weighted by Crippen LogP contribution is -2.22. The highest BCUT2D eigenvalue weighted by Crippen LogP contribution is 2.28. The first-order chi connectivity index (χ1) is 12.5. The van der Waals surface area contributed by atoms with Crippen LogP contribution in [0.3, 0.4) is 0 Å². The molecule has 0 radical (unpaired) electrons. The first-order valence-electron chi connectivity index (χ1n) is 8.43. The molecule has 5 nitrogen and oxygen atoms in total. The monoisotopic (exact) mass is 479 g/mol. The molecule has 0 aliphatic rings. The lowest BCUT2D eigenvalue weighted by Gasteiger charge is -2.11. The molecule has 0 spiro atoms. The maximum atomic E-state index is 6.01. The number of guanidine groups is 1. The zero-order chi connectivity index (χ0) is 18.9. The van der Waals surface area contributed by atoms with E-state index in [-0.39, 0.29) is 30.6 Å². The van der Waals surface area contributed by atoms with Crippen LogP contribution in [0.1, 0.15) is 30.9 Å². The van der Waals surface area contributed by atoms with Crippen molar-refractivity contribution in [3.8, 4) is 23.8 Å². The van der Waals surface area contributed by atoms with Crippen molar-refractivity contribution in [1.82, 2.24) is 0 Å². The van der Waals surface area contributed by atoms with Crippen molar-refractivity contribution >= 4 is 35.6 Å². The number of nitrogens with one attached hydrogen (secondary N) is 1. The Hall–Kier alpha value is -2.40. The van der Waals surface area contributed by atoms with Crippen molar-refractivity contribution in [2.75, 3.05) is 19.0 Å². The van der Waals surface area contributed by atoms with Crippen LogP contribution in [-0.4, -0.2) is 19.7 Å². The van der Waals surface area contributed by atoms with E-state index in [0.29, 0.717) is 29.9 Å². The molecule has 0 fully saturated rings. The highest BCUT2D eigenvalue weighted by Gasteiger charge is 2.06. The molecule has 0 aromatic heterocycles. The van der Waals surface area contributed by atoms with Gasteiger partial charge in [0.15, 0.2) is 17.5 Å². The predicted molar refractivity (Wildman–Crippen MR) is 122 cm³/mol. The summed E-state index contributed by atoms with van der Waals surface area (Å²) in [6, 6.07) is 13.7. The van der Waals surface area contributed by atoms with Gasteiger partial charge in [-0.15, -0.1) is 30.4 Å². The van der Waals surface area contributed by atoms with Crippen LogP contribution in [0.4, 0.5) is 5.69 Å². The van der Waals surface area contributed by atoms with Gasteiger partial charge in [0, 0.05) is 5.69 Å². The topological polar surface area (TPSA) is 68.9 Å². The molecule has 2 aromatic rings. The van der Waals surface area contributed by atoms with E-state index in [1.807, 2.05) is 30.3 Å². The SMILES string of the molecule is C#CCOc1cc(CN=C(N)Nc2cccc(C(C)C)c2)ccc1OC.I. The van der Waals surface area contributed by atoms with Crippen molar-refractivity contribution in [2.45, 2.75) is 26.3 Å². The van der Waals surface area contributed by atoms with Crippen molar-refractivity contribution in [3.05, 3.63) is 53.6 Å². The van der Waals surface area contributed by atoms with E-state index in [1.54, 1.807) is 7.11 Å². The molecular weight excluding hydrogens is 453 g/mol. The zero-order valence-corrected chi connectivity index (χ0v) is 18.2. The molecular formula is C21H26IN3O2. The largest absolute Gasteiger partial charge is 0.493 e. The predicted octanol–water partition coefficient (Wildman–Crippen LogP) is 4.38. The Labute approximate surface area is 178 Å². The molecule has 0 heterocycles. The molecule has 0 atom stereocenters. The second-order valence-electron chi connectivity index (χ2n) is 6.08. The van der Waals surface area contributed by atoms with Crippen LogP contribution in [0.5, 0.6) is 11.5 Å². The number of anilines is 1. The molecule has 3 N–H and O–H groups in total. The number of methoxy groups -OCH3 is 1. The summed E-state index contributed by atoms with van der Waals surface area (Å²) in [6.45, 7) is 4.90. The van der Waals surface area contributed by atoms with Gasteiger partial charge in [-0.2, -0.15) is 0 Å². The Morgan fingerprint density at radius 2 is 2.00 bits per heavy atom. The third kappa shape index (κ3) is 7.02. The van der Waals surface area contributed by atoms with Gasteiger partial charge in [0.25, 0.3) is 0 Å².